The fraction of sp³-hybridized carbons (Fsp3) is 0.789. The van der Waals surface area contributed by atoms with Crippen molar-refractivity contribution in [1.29, 1.82) is 0 Å². The summed E-state index contributed by atoms with van der Waals surface area (Å²) in [7, 11) is 0. The van der Waals surface area contributed by atoms with E-state index in [4.69, 9.17) is 9.84 Å². The van der Waals surface area contributed by atoms with E-state index in [1.165, 1.54) is 5.69 Å². The maximum atomic E-state index is 12.1. The molecule has 0 aromatic carbocycles. The number of hydrogen-bond acceptors (Lipinski definition) is 3. The van der Waals surface area contributed by atoms with Gasteiger partial charge in [-0.25, -0.2) is 4.79 Å². The number of nitrogens with one attached hydrogen (secondary N) is 1. The molecule has 1 heterocycles. The number of aromatic nitrogens is 2. The molecule has 1 aromatic heterocycles. The summed E-state index contributed by atoms with van der Waals surface area (Å²) in [5, 5.41) is 7.92. The topological polar surface area (TPSA) is 56.1 Å². The first kappa shape index (κ1) is 16.0. The molecule has 4 aliphatic rings. The van der Waals surface area contributed by atoms with Gasteiger partial charge < -0.3 is 10.1 Å². The fourth-order valence-electron chi connectivity index (χ4n) is 4.72. The van der Waals surface area contributed by atoms with Gasteiger partial charge in [0.15, 0.2) is 0 Å². The van der Waals surface area contributed by atoms with Crippen LogP contribution in [0.1, 0.15) is 76.6 Å². The Morgan fingerprint density at radius 2 is 2.04 bits per heavy atom. The van der Waals surface area contributed by atoms with E-state index < -0.39 is 0 Å². The van der Waals surface area contributed by atoms with Crippen molar-refractivity contribution < 1.29 is 9.53 Å². The lowest BCUT2D eigenvalue weighted by Crippen LogP contribution is -2.68. The van der Waals surface area contributed by atoms with E-state index in [-0.39, 0.29) is 23.3 Å². The quantitative estimate of drug-likeness (QED) is 0.915. The van der Waals surface area contributed by atoms with Crippen molar-refractivity contribution in [3.05, 3.63) is 17.5 Å². The van der Waals surface area contributed by atoms with Gasteiger partial charge in [0.05, 0.1) is 11.2 Å². The number of rotatable bonds is 3. The third kappa shape index (κ3) is 2.72. The zero-order valence-corrected chi connectivity index (χ0v) is 15.3. The Morgan fingerprint density at radius 1 is 1.33 bits per heavy atom. The van der Waals surface area contributed by atoms with Crippen molar-refractivity contribution in [2.75, 3.05) is 0 Å². The van der Waals surface area contributed by atoms with Crippen LogP contribution in [0.5, 0.6) is 0 Å². The van der Waals surface area contributed by atoms with Crippen LogP contribution in [0.4, 0.5) is 4.79 Å². The van der Waals surface area contributed by atoms with Gasteiger partial charge in [-0.15, -0.1) is 0 Å². The Hall–Kier alpha value is -1.52. The van der Waals surface area contributed by atoms with Gasteiger partial charge in [-0.1, -0.05) is 0 Å². The Bertz CT molecular complexity index is 641. The Labute approximate surface area is 144 Å². The highest BCUT2D eigenvalue weighted by molar-refractivity contribution is 5.69. The summed E-state index contributed by atoms with van der Waals surface area (Å²) in [5.74, 6) is 1.27. The molecule has 0 unspecified atom stereocenters. The molecule has 0 radical (unpaired) electrons. The summed E-state index contributed by atoms with van der Waals surface area (Å²) in [6.45, 7) is 8.63. The summed E-state index contributed by atoms with van der Waals surface area (Å²) >= 11 is 0. The van der Waals surface area contributed by atoms with Gasteiger partial charge >= 0.3 is 6.09 Å². The van der Waals surface area contributed by atoms with E-state index in [1.807, 2.05) is 0 Å². The summed E-state index contributed by atoms with van der Waals surface area (Å²) in [6.07, 6.45) is 6.15. The number of carbonyl (C=O) groups excluding carboxylic acids is 1. The van der Waals surface area contributed by atoms with Crippen LogP contribution in [0.25, 0.3) is 0 Å². The number of nitrogens with zero attached hydrogens (tertiary/aromatic N) is 2. The molecule has 1 N–H and O–H groups in total. The number of carbonyl (C=O) groups is 1. The standard InChI is InChI=1S/C19H29N3O2/c1-12-7-16(21-22(12)18(2,3)4)14-5-6-15(8-14)24-17(23)20-19-9-13(10-19)11-19/h7,13-15H,5-6,8-11H2,1-4H3,(H,20,23)/t13?,14-,15+,19?/m0/s1. The molecule has 5 rings (SSSR count). The third-order valence-corrected chi connectivity index (χ3v) is 6.02. The van der Waals surface area contributed by atoms with Crippen molar-refractivity contribution in [3.8, 4) is 0 Å². The molecule has 5 nitrogen and oxygen atoms in total. The SMILES string of the molecule is Cc1cc([C@H]2CC[C@@H](OC(=O)NC34CC(C3)C4)C2)nn1C(C)(C)C. The van der Waals surface area contributed by atoms with Crippen LogP contribution in [-0.2, 0) is 10.3 Å². The van der Waals surface area contributed by atoms with E-state index >= 15 is 0 Å². The van der Waals surface area contributed by atoms with Gasteiger partial charge in [0.25, 0.3) is 0 Å². The van der Waals surface area contributed by atoms with E-state index in [0.717, 1.165) is 50.1 Å². The lowest BCUT2D eigenvalue weighted by atomic mass is 9.50. The van der Waals surface area contributed by atoms with Crippen molar-refractivity contribution in [1.82, 2.24) is 15.1 Å². The Kier molecular flexibility index (Phi) is 3.49. The minimum Gasteiger partial charge on any atom is -0.446 e. The average molecular weight is 331 g/mol. The molecule has 4 aliphatic carbocycles. The molecule has 2 bridgehead atoms. The van der Waals surface area contributed by atoms with E-state index in [1.54, 1.807) is 0 Å². The minimum absolute atomic E-state index is 0.000559. The predicted octanol–water partition coefficient (Wildman–Crippen LogP) is 3.86. The predicted molar refractivity (Wildman–Crippen MR) is 92.0 cm³/mol. The summed E-state index contributed by atoms with van der Waals surface area (Å²) in [4.78, 5) is 12.1. The van der Waals surface area contributed by atoms with Gasteiger partial charge in [-0.2, -0.15) is 5.10 Å². The summed E-state index contributed by atoms with van der Waals surface area (Å²) in [5.41, 5.74) is 2.44. The Balaban J connectivity index is 1.33. The maximum absolute atomic E-state index is 12.1. The smallest absolute Gasteiger partial charge is 0.407 e. The highest BCUT2D eigenvalue weighted by Gasteiger charge is 2.57. The van der Waals surface area contributed by atoms with E-state index in [9.17, 15) is 4.79 Å². The molecule has 5 heteroatoms. The minimum atomic E-state index is -0.213. The van der Waals surface area contributed by atoms with Gasteiger partial charge in [-0.3, -0.25) is 4.68 Å². The van der Waals surface area contributed by atoms with E-state index in [0.29, 0.717) is 5.92 Å². The normalized spacial score (nSPS) is 34.4. The van der Waals surface area contributed by atoms with Gasteiger partial charge in [0.2, 0.25) is 0 Å². The molecule has 0 aliphatic heterocycles. The second-order valence-corrected chi connectivity index (χ2v) is 9.21. The number of alkyl carbamates (subject to hydrolysis) is 1. The van der Waals surface area contributed by atoms with Crippen LogP contribution in [0, 0.1) is 12.8 Å². The molecule has 2 atom stereocenters. The van der Waals surface area contributed by atoms with Crippen molar-refractivity contribution in [2.45, 2.75) is 89.3 Å². The molecule has 0 spiro atoms. The maximum Gasteiger partial charge on any atom is 0.407 e. The number of aryl methyl sites for hydroxylation is 1. The van der Waals surface area contributed by atoms with Crippen LogP contribution in [0.15, 0.2) is 6.07 Å². The molecule has 0 saturated heterocycles. The second-order valence-electron chi connectivity index (χ2n) is 9.21. The number of hydrogen-bond donors (Lipinski definition) is 1. The van der Waals surface area contributed by atoms with Crippen LogP contribution < -0.4 is 5.32 Å². The molecule has 4 fully saturated rings. The zero-order chi connectivity index (χ0) is 17.1. The number of ether oxygens (including phenoxy) is 1. The molecule has 1 aromatic rings. The van der Waals surface area contributed by atoms with Gasteiger partial charge in [0.1, 0.15) is 6.10 Å². The highest BCUT2D eigenvalue weighted by atomic mass is 16.6. The van der Waals surface area contributed by atoms with Crippen LogP contribution >= 0.6 is 0 Å². The summed E-state index contributed by atoms with van der Waals surface area (Å²) < 4.78 is 7.78. The molecule has 4 saturated carbocycles. The van der Waals surface area contributed by atoms with Crippen molar-refractivity contribution >= 4 is 6.09 Å². The number of amides is 1. The lowest BCUT2D eigenvalue weighted by molar-refractivity contribution is -0.0506. The first-order chi connectivity index (χ1) is 11.2. The Morgan fingerprint density at radius 3 is 2.58 bits per heavy atom. The molecular weight excluding hydrogens is 302 g/mol. The zero-order valence-electron chi connectivity index (χ0n) is 15.3. The molecular formula is C19H29N3O2. The second kappa shape index (κ2) is 5.24. The third-order valence-electron chi connectivity index (χ3n) is 6.02. The molecule has 132 valence electrons. The van der Waals surface area contributed by atoms with Gasteiger partial charge in [0, 0.05) is 17.2 Å². The van der Waals surface area contributed by atoms with Crippen molar-refractivity contribution in [3.63, 3.8) is 0 Å². The monoisotopic (exact) mass is 331 g/mol. The lowest BCUT2D eigenvalue weighted by Gasteiger charge is -2.61. The van der Waals surface area contributed by atoms with Crippen LogP contribution in [-0.4, -0.2) is 27.5 Å². The first-order valence-corrected chi connectivity index (χ1v) is 9.30. The van der Waals surface area contributed by atoms with Gasteiger partial charge in [-0.05, 0) is 78.2 Å². The molecule has 1 amide bonds. The van der Waals surface area contributed by atoms with Crippen molar-refractivity contribution in [2.24, 2.45) is 5.92 Å². The first-order valence-electron chi connectivity index (χ1n) is 9.30. The average Bonchev–Trinajstić information content (AvgIpc) is 2.98. The van der Waals surface area contributed by atoms with Crippen LogP contribution in [0.2, 0.25) is 0 Å². The van der Waals surface area contributed by atoms with E-state index in [2.05, 4.69) is 43.8 Å². The fourth-order valence-corrected chi connectivity index (χ4v) is 4.72. The van der Waals surface area contributed by atoms with Crippen LogP contribution in [0.3, 0.4) is 0 Å². The summed E-state index contributed by atoms with van der Waals surface area (Å²) in [6, 6.07) is 2.19. The largest absolute Gasteiger partial charge is 0.446 e. The molecule has 24 heavy (non-hydrogen) atoms. The highest BCUT2D eigenvalue weighted by Crippen LogP contribution is 2.57.